The van der Waals surface area contributed by atoms with Crippen LogP contribution in [0.4, 0.5) is 8.78 Å². The van der Waals surface area contributed by atoms with E-state index in [0.717, 1.165) is 6.07 Å². The molecule has 0 aliphatic carbocycles. The van der Waals surface area contributed by atoms with E-state index in [4.69, 9.17) is 9.84 Å². The van der Waals surface area contributed by atoms with E-state index in [1.807, 2.05) is 0 Å². The second kappa shape index (κ2) is 4.70. The van der Waals surface area contributed by atoms with Gasteiger partial charge in [0.2, 0.25) is 5.82 Å². The van der Waals surface area contributed by atoms with Crippen LogP contribution in [0, 0.1) is 11.6 Å². The van der Waals surface area contributed by atoms with E-state index in [1.54, 1.807) is 0 Å². The smallest absolute Gasteiger partial charge is 0.200 e. The van der Waals surface area contributed by atoms with Crippen molar-refractivity contribution in [1.82, 2.24) is 0 Å². The van der Waals surface area contributed by atoms with Crippen LogP contribution in [0.25, 0.3) is 0 Å². The zero-order valence-corrected chi connectivity index (χ0v) is 9.01. The van der Waals surface area contributed by atoms with Gasteiger partial charge < -0.3 is 9.84 Å². The van der Waals surface area contributed by atoms with Gasteiger partial charge in [0.15, 0.2) is 11.6 Å². The highest BCUT2D eigenvalue weighted by molar-refractivity contribution is 9.10. The number of aliphatic hydroxyl groups is 1. The van der Waals surface area contributed by atoms with Crippen molar-refractivity contribution in [3.05, 3.63) is 28.2 Å². The number of hydrogen-bond acceptors (Lipinski definition) is 2. The van der Waals surface area contributed by atoms with Crippen LogP contribution in [0.1, 0.15) is 6.92 Å². The Labute approximate surface area is 88.6 Å². The fourth-order valence-corrected chi connectivity index (χ4v) is 1.26. The summed E-state index contributed by atoms with van der Waals surface area (Å²) in [6, 6.07) is 2.31. The maximum Gasteiger partial charge on any atom is 0.200 e. The monoisotopic (exact) mass is 266 g/mol. The van der Waals surface area contributed by atoms with Crippen molar-refractivity contribution in [3.8, 4) is 5.75 Å². The quantitative estimate of drug-likeness (QED) is 0.852. The van der Waals surface area contributed by atoms with Crippen LogP contribution in [-0.4, -0.2) is 17.8 Å². The van der Waals surface area contributed by atoms with E-state index in [1.165, 1.54) is 13.0 Å². The third kappa shape index (κ3) is 2.92. The molecule has 0 aromatic heterocycles. The molecular weight excluding hydrogens is 258 g/mol. The Morgan fingerprint density at radius 3 is 2.71 bits per heavy atom. The molecular formula is C9H9BrF2O2. The van der Waals surface area contributed by atoms with Crippen LogP contribution >= 0.6 is 15.9 Å². The van der Waals surface area contributed by atoms with E-state index in [0.29, 0.717) is 4.47 Å². The number of rotatable bonds is 3. The van der Waals surface area contributed by atoms with Crippen molar-refractivity contribution >= 4 is 15.9 Å². The summed E-state index contributed by atoms with van der Waals surface area (Å²) in [6.07, 6.45) is -0.726. The highest BCUT2D eigenvalue weighted by atomic mass is 79.9. The lowest BCUT2D eigenvalue weighted by molar-refractivity contribution is 0.119. The largest absolute Gasteiger partial charge is 0.488 e. The van der Waals surface area contributed by atoms with Gasteiger partial charge in [-0.25, -0.2) is 4.39 Å². The Balaban J connectivity index is 2.85. The number of hydrogen-bond donors (Lipinski definition) is 1. The SMILES string of the molecule is C[C@@H](O)COc1cc(Br)cc(F)c1F. The van der Waals surface area contributed by atoms with Gasteiger partial charge in [-0.3, -0.25) is 0 Å². The molecule has 1 aromatic carbocycles. The first kappa shape index (κ1) is 11.4. The van der Waals surface area contributed by atoms with Crippen LogP contribution in [0.3, 0.4) is 0 Å². The van der Waals surface area contributed by atoms with E-state index in [-0.39, 0.29) is 12.4 Å². The normalized spacial score (nSPS) is 12.6. The molecule has 0 amide bonds. The summed E-state index contributed by atoms with van der Waals surface area (Å²) >= 11 is 3.00. The molecule has 0 spiro atoms. The molecule has 1 rings (SSSR count). The summed E-state index contributed by atoms with van der Waals surface area (Å²) in [7, 11) is 0. The summed E-state index contributed by atoms with van der Waals surface area (Å²) in [5.41, 5.74) is 0. The third-order valence-electron chi connectivity index (χ3n) is 1.44. The molecule has 0 radical (unpaired) electrons. The molecule has 5 heteroatoms. The van der Waals surface area contributed by atoms with Crippen LogP contribution in [0.2, 0.25) is 0 Å². The maximum atomic E-state index is 13.0. The van der Waals surface area contributed by atoms with Gasteiger partial charge in [0, 0.05) is 4.47 Å². The molecule has 0 bridgehead atoms. The van der Waals surface area contributed by atoms with Crippen molar-refractivity contribution in [2.24, 2.45) is 0 Å². The van der Waals surface area contributed by atoms with E-state index in [9.17, 15) is 8.78 Å². The fraction of sp³-hybridized carbons (Fsp3) is 0.333. The van der Waals surface area contributed by atoms with Gasteiger partial charge in [-0.2, -0.15) is 4.39 Å². The van der Waals surface area contributed by atoms with Gasteiger partial charge in [-0.15, -0.1) is 0 Å². The fourth-order valence-electron chi connectivity index (χ4n) is 0.848. The summed E-state index contributed by atoms with van der Waals surface area (Å²) in [6.45, 7) is 1.42. The minimum absolute atomic E-state index is 0.0766. The molecule has 0 aliphatic heterocycles. The summed E-state index contributed by atoms with van der Waals surface area (Å²) in [4.78, 5) is 0. The average molecular weight is 267 g/mol. The molecule has 0 heterocycles. The molecule has 1 N–H and O–H groups in total. The van der Waals surface area contributed by atoms with E-state index < -0.39 is 17.7 Å². The Hall–Kier alpha value is -0.680. The van der Waals surface area contributed by atoms with Crippen LogP contribution < -0.4 is 4.74 Å². The highest BCUT2D eigenvalue weighted by Crippen LogP contribution is 2.25. The van der Waals surface area contributed by atoms with Crippen LogP contribution in [0.5, 0.6) is 5.75 Å². The zero-order chi connectivity index (χ0) is 10.7. The van der Waals surface area contributed by atoms with Crippen LogP contribution in [-0.2, 0) is 0 Å². The molecule has 0 aliphatic rings. The summed E-state index contributed by atoms with van der Waals surface area (Å²) in [5.74, 6) is -2.24. The molecule has 1 aromatic rings. The van der Waals surface area contributed by atoms with Crippen molar-refractivity contribution in [1.29, 1.82) is 0 Å². The second-order valence-electron chi connectivity index (χ2n) is 2.86. The van der Waals surface area contributed by atoms with Crippen molar-refractivity contribution in [2.45, 2.75) is 13.0 Å². The Morgan fingerprint density at radius 2 is 2.14 bits per heavy atom. The Morgan fingerprint density at radius 1 is 1.50 bits per heavy atom. The maximum absolute atomic E-state index is 13.0. The number of halogens is 3. The van der Waals surface area contributed by atoms with Gasteiger partial charge in [-0.1, -0.05) is 15.9 Å². The van der Waals surface area contributed by atoms with Crippen molar-refractivity contribution in [2.75, 3.05) is 6.61 Å². The highest BCUT2D eigenvalue weighted by Gasteiger charge is 2.11. The molecule has 0 saturated carbocycles. The van der Waals surface area contributed by atoms with Gasteiger partial charge in [-0.05, 0) is 19.1 Å². The van der Waals surface area contributed by atoms with E-state index >= 15 is 0 Å². The van der Waals surface area contributed by atoms with Crippen molar-refractivity contribution < 1.29 is 18.6 Å². The van der Waals surface area contributed by atoms with Gasteiger partial charge >= 0.3 is 0 Å². The number of ether oxygens (including phenoxy) is 1. The second-order valence-corrected chi connectivity index (χ2v) is 3.78. The van der Waals surface area contributed by atoms with E-state index in [2.05, 4.69) is 15.9 Å². The first-order valence-electron chi connectivity index (χ1n) is 3.96. The molecule has 0 unspecified atom stereocenters. The van der Waals surface area contributed by atoms with Crippen LogP contribution in [0.15, 0.2) is 16.6 Å². The minimum Gasteiger partial charge on any atom is -0.488 e. The van der Waals surface area contributed by atoms with Gasteiger partial charge in [0.25, 0.3) is 0 Å². The molecule has 2 nitrogen and oxygen atoms in total. The predicted molar refractivity (Wildman–Crippen MR) is 51.2 cm³/mol. The molecule has 0 fully saturated rings. The first-order chi connectivity index (χ1) is 6.50. The Kier molecular flexibility index (Phi) is 3.83. The zero-order valence-electron chi connectivity index (χ0n) is 7.43. The number of aliphatic hydroxyl groups excluding tert-OH is 1. The lowest BCUT2D eigenvalue weighted by Gasteiger charge is -2.09. The topological polar surface area (TPSA) is 29.5 Å². The van der Waals surface area contributed by atoms with Gasteiger partial charge in [0.05, 0.1) is 6.10 Å². The number of benzene rings is 1. The van der Waals surface area contributed by atoms with Gasteiger partial charge in [0.1, 0.15) is 6.61 Å². The molecule has 0 saturated heterocycles. The molecule has 78 valence electrons. The van der Waals surface area contributed by atoms with Crippen molar-refractivity contribution in [3.63, 3.8) is 0 Å². The first-order valence-corrected chi connectivity index (χ1v) is 4.75. The predicted octanol–water partition coefficient (Wildman–Crippen LogP) is 2.49. The lowest BCUT2D eigenvalue weighted by atomic mass is 10.3. The Bertz CT molecular complexity index is 329. The minimum atomic E-state index is -1.05. The third-order valence-corrected chi connectivity index (χ3v) is 1.90. The average Bonchev–Trinajstić information content (AvgIpc) is 2.08. The summed E-state index contributed by atoms with van der Waals surface area (Å²) < 4.78 is 31.1. The molecule has 1 atom stereocenters. The standard InChI is InChI=1S/C9H9BrF2O2/c1-5(13)4-14-8-3-6(10)2-7(11)9(8)12/h2-3,5,13H,4H2,1H3/t5-/m1/s1. The lowest BCUT2D eigenvalue weighted by Crippen LogP contribution is -2.13. The summed E-state index contributed by atoms with van der Waals surface area (Å²) in [5, 5.41) is 8.89. The molecule has 14 heavy (non-hydrogen) atoms.